The van der Waals surface area contributed by atoms with Crippen molar-refractivity contribution in [1.82, 2.24) is 30.1 Å². The van der Waals surface area contributed by atoms with Gasteiger partial charge in [0.2, 0.25) is 17.2 Å². The topological polar surface area (TPSA) is 95.5 Å². The predicted octanol–water partition coefficient (Wildman–Crippen LogP) is 1.29. The number of piperidine rings is 1. The maximum atomic E-state index is 5.99. The van der Waals surface area contributed by atoms with Gasteiger partial charge >= 0.3 is 0 Å². The number of rotatable bonds is 5. The maximum Gasteiger partial charge on any atom is 0.231 e. The second kappa shape index (κ2) is 6.66. The second-order valence-electron chi connectivity index (χ2n) is 4.88. The standard InChI is InChI=1S/C12H17ClN8/c13-10-17-11(14-5-4-9-15-8-16-20-9)19-12(18-10)21-6-2-1-3-7-21/h8H,1-7H2,(H,15,16,20)(H,14,17,18,19). The Balaban J connectivity index is 1.63. The largest absolute Gasteiger partial charge is 0.354 e. The molecule has 0 saturated carbocycles. The molecule has 0 amide bonds. The third-order valence-electron chi connectivity index (χ3n) is 3.35. The summed E-state index contributed by atoms with van der Waals surface area (Å²) in [6, 6.07) is 0. The first kappa shape index (κ1) is 14.0. The molecule has 0 unspecified atom stereocenters. The molecule has 3 heterocycles. The summed E-state index contributed by atoms with van der Waals surface area (Å²) in [5.74, 6) is 1.96. The van der Waals surface area contributed by atoms with E-state index in [0.717, 1.165) is 31.8 Å². The van der Waals surface area contributed by atoms with Crippen LogP contribution in [0.5, 0.6) is 0 Å². The van der Waals surface area contributed by atoms with Crippen LogP contribution in [-0.4, -0.2) is 49.8 Å². The van der Waals surface area contributed by atoms with Gasteiger partial charge < -0.3 is 10.2 Å². The fourth-order valence-corrected chi connectivity index (χ4v) is 2.45. The predicted molar refractivity (Wildman–Crippen MR) is 79.5 cm³/mol. The lowest BCUT2D eigenvalue weighted by Gasteiger charge is -2.26. The number of halogens is 1. The third kappa shape index (κ3) is 3.78. The van der Waals surface area contributed by atoms with E-state index < -0.39 is 0 Å². The Bertz CT molecular complexity index is 567. The summed E-state index contributed by atoms with van der Waals surface area (Å²) in [6.07, 6.45) is 5.79. The molecule has 0 bridgehead atoms. The molecule has 1 saturated heterocycles. The van der Waals surface area contributed by atoms with Crippen molar-refractivity contribution in [2.45, 2.75) is 25.7 Å². The second-order valence-corrected chi connectivity index (χ2v) is 5.22. The molecule has 112 valence electrons. The van der Waals surface area contributed by atoms with Gasteiger partial charge in [0, 0.05) is 26.1 Å². The lowest BCUT2D eigenvalue weighted by Crippen LogP contribution is -2.31. The Kier molecular flexibility index (Phi) is 4.44. The van der Waals surface area contributed by atoms with E-state index in [1.54, 1.807) is 0 Å². The molecule has 0 aromatic carbocycles. The minimum Gasteiger partial charge on any atom is -0.354 e. The van der Waals surface area contributed by atoms with E-state index in [0.29, 0.717) is 24.9 Å². The minimum atomic E-state index is 0.215. The number of aromatic amines is 1. The Hall–Kier alpha value is -1.96. The SMILES string of the molecule is Clc1nc(NCCc2ncn[nH]2)nc(N2CCCCC2)n1. The van der Waals surface area contributed by atoms with Crippen LogP contribution in [0.15, 0.2) is 6.33 Å². The van der Waals surface area contributed by atoms with Crippen molar-refractivity contribution >= 4 is 23.5 Å². The number of anilines is 2. The van der Waals surface area contributed by atoms with E-state index in [1.807, 2.05) is 0 Å². The molecule has 8 nitrogen and oxygen atoms in total. The zero-order valence-electron chi connectivity index (χ0n) is 11.6. The number of H-pyrrole nitrogens is 1. The number of hydrogen-bond acceptors (Lipinski definition) is 7. The van der Waals surface area contributed by atoms with E-state index in [9.17, 15) is 0 Å². The number of nitrogens with one attached hydrogen (secondary N) is 2. The van der Waals surface area contributed by atoms with Crippen molar-refractivity contribution in [1.29, 1.82) is 0 Å². The smallest absolute Gasteiger partial charge is 0.231 e. The van der Waals surface area contributed by atoms with Gasteiger partial charge in [-0.1, -0.05) is 0 Å². The molecule has 2 aromatic heterocycles. The highest BCUT2D eigenvalue weighted by atomic mass is 35.5. The lowest BCUT2D eigenvalue weighted by molar-refractivity contribution is 0.567. The molecule has 9 heteroatoms. The monoisotopic (exact) mass is 308 g/mol. The summed E-state index contributed by atoms with van der Waals surface area (Å²) in [5, 5.41) is 9.97. The van der Waals surface area contributed by atoms with E-state index >= 15 is 0 Å². The molecular weight excluding hydrogens is 292 g/mol. The van der Waals surface area contributed by atoms with Crippen molar-refractivity contribution in [2.75, 3.05) is 29.9 Å². The van der Waals surface area contributed by atoms with E-state index in [4.69, 9.17) is 11.6 Å². The highest BCUT2D eigenvalue weighted by Crippen LogP contribution is 2.18. The number of nitrogens with zero attached hydrogens (tertiary/aromatic N) is 6. The molecule has 2 aromatic rings. The Morgan fingerprint density at radius 2 is 2.05 bits per heavy atom. The summed E-state index contributed by atoms with van der Waals surface area (Å²) in [6.45, 7) is 2.59. The van der Waals surface area contributed by atoms with Gasteiger partial charge in [0.05, 0.1) is 0 Å². The quantitative estimate of drug-likeness (QED) is 0.859. The van der Waals surface area contributed by atoms with Crippen LogP contribution in [-0.2, 0) is 6.42 Å². The number of aromatic nitrogens is 6. The van der Waals surface area contributed by atoms with Gasteiger partial charge in [0.1, 0.15) is 12.2 Å². The number of hydrogen-bond donors (Lipinski definition) is 2. The Morgan fingerprint density at radius 1 is 1.19 bits per heavy atom. The zero-order chi connectivity index (χ0) is 14.5. The van der Waals surface area contributed by atoms with Crippen molar-refractivity contribution < 1.29 is 0 Å². The lowest BCUT2D eigenvalue weighted by atomic mass is 10.1. The summed E-state index contributed by atoms with van der Waals surface area (Å²) in [5.41, 5.74) is 0. The van der Waals surface area contributed by atoms with Crippen molar-refractivity contribution in [2.24, 2.45) is 0 Å². The molecule has 1 aliphatic heterocycles. The van der Waals surface area contributed by atoms with Crippen LogP contribution in [0.4, 0.5) is 11.9 Å². The molecular formula is C12H17ClN8. The highest BCUT2D eigenvalue weighted by Gasteiger charge is 2.15. The molecule has 0 radical (unpaired) electrons. The molecule has 1 fully saturated rings. The molecule has 2 N–H and O–H groups in total. The van der Waals surface area contributed by atoms with Crippen LogP contribution in [0.2, 0.25) is 5.28 Å². The van der Waals surface area contributed by atoms with E-state index in [-0.39, 0.29) is 5.28 Å². The van der Waals surface area contributed by atoms with Gasteiger partial charge in [-0.15, -0.1) is 0 Å². The van der Waals surface area contributed by atoms with Crippen LogP contribution in [0.3, 0.4) is 0 Å². The van der Waals surface area contributed by atoms with Gasteiger partial charge in [-0.25, -0.2) is 4.98 Å². The maximum absolute atomic E-state index is 5.99. The third-order valence-corrected chi connectivity index (χ3v) is 3.51. The normalized spacial score (nSPS) is 15.2. The first-order valence-corrected chi connectivity index (χ1v) is 7.44. The first-order valence-electron chi connectivity index (χ1n) is 7.06. The molecule has 3 rings (SSSR count). The van der Waals surface area contributed by atoms with Crippen LogP contribution >= 0.6 is 11.6 Å². The van der Waals surface area contributed by atoms with E-state index in [1.165, 1.54) is 12.7 Å². The molecule has 0 aliphatic carbocycles. The molecule has 21 heavy (non-hydrogen) atoms. The summed E-state index contributed by atoms with van der Waals surface area (Å²) >= 11 is 5.99. The summed E-state index contributed by atoms with van der Waals surface area (Å²) < 4.78 is 0. The summed E-state index contributed by atoms with van der Waals surface area (Å²) in [7, 11) is 0. The summed E-state index contributed by atoms with van der Waals surface area (Å²) in [4.78, 5) is 19.0. The van der Waals surface area contributed by atoms with Crippen molar-refractivity contribution in [3.05, 3.63) is 17.4 Å². The fraction of sp³-hybridized carbons (Fsp3) is 0.583. The van der Waals surface area contributed by atoms with Crippen LogP contribution < -0.4 is 10.2 Å². The van der Waals surface area contributed by atoms with Crippen LogP contribution in [0.25, 0.3) is 0 Å². The van der Waals surface area contributed by atoms with Crippen LogP contribution in [0, 0.1) is 0 Å². The van der Waals surface area contributed by atoms with E-state index in [2.05, 4.69) is 40.3 Å². The van der Waals surface area contributed by atoms with Gasteiger partial charge in [0.25, 0.3) is 0 Å². The average molecular weight is 309 g/mol. The Morgan fingerprint density at radius 3 is 2.81 bits per heavy atom. The minimum absolute atomic E-state index is 0.215. The first-order chi connectivity index (χ1) is 10.3. The van der Waals surface area contributed by atoms with Gasteiger partial charge in [-0.05, 0) is 30.9 Å². The van der Waals surface area contributed by atoms with Crippen molar-refractivity contribution in [3.8, 4) is 0 Å². The molecule has 0 atom stereocenters. The van der Waals surface area contributed by atoms with Crippen LogP contribution in [0.1, 0.15) is 25.1 Å². The van der Waals surface area contributed by atoms with Gasteiger partial charge in [-0.2, -0.15) is 20.1 Å². The average Bonchev–Trinajstić information content (AvgIpc) is 3.01. The molecule has 1 aliphatic rings. The Labute approximate surface area is 127 Å². The fourth-order valence-electron chi connectivity index (χ4n) is 2.30. The zero-order valence-corrected chi connectivity index (χ0v) is 12.3. The van der Waals surface area contributed by atoms with Gasteiger partial charge in [-0.3, -0.25) is 5.10 Å². The van der Waals surface area contributed by atoms with Gasteiger partial charge in [0.15, 0.2) is 0 Å². The molecule has 0 spiro atoms. The highest BCUT2D eigenvalue weighted by molar-refractivity contribution is 6.28. The van der Waals surface area contributed by atoms with Crippen molar-refractivity contribution in [3.63, 3.8) is 0 Å².